The molecule has 0 unspecified atom stereocenters. The molecule has 1 fully saturated rings. The number of benzene rings is 1. The summed E-state index contributed by atoms with van der Waals surface area (Å²) < 4.78 is 0. The van der Waals surface area contributed by atoms with Crippen LogP contribution in [-0.4, -0.2) is 23.5 Å². The maximum absolute atomic E-state index is 12.0. The lowest BCUT2D eigenvalue weighted by atomic mass is 10.1. The van der Waals surface area contributed by atoms with Crippen LogP contribution >= 0.6 is 34.7 Å². The van der Waals surface area contributed by atoms with Gasteiger partial charge in [-0.3, -0.25) is 4.79 Å². The fourth-order valence-electron chi connectivity index (χ4n) is 2.49. The van der Waals surface area contributed by atoms with Crippen molar-refractivity contribution in [1.29, 1.82) is 0 Å². The number of hydrogen-bond donors (Lipinski definition) is 1. The van der Waals surface area contributed by atoms with Crippen LogP contribution in [0.2, 0.25) is 5.02 Å². The Kier molecular flexibility index (Phi) is 5.81. The van der Waals surface area contributed by atoms with E-state index in [4.69, 9.17) is 11.6 Å². The highest BCUT2D eigenvalue weighted by molar-refractivity contribution is 7.99. The van der Waals surface area contributed by atoms with E-state index in [1.165, 1.54) is 0 Å². The molecule has 5 heteroatoms. The molecular formula is C18H18ClNOS2. The van der Waals surface area contributed by atoms with Crippen LogP contribution in [0.3, 0.4) is 0 Å². The number of rotatable bonds is 4. The first-order valence-electron chi connectivity index (χ1n) is 7.63. The van der Waals surface area contributed by atoms with Gasteiger partial charge < -0.3 is 5.32 Å². The van der Waals surface area contributed by atoms with Crippen molar-refractivity contribution in [2.45, 2.75) is 18.9 Å². The van der Waals surface area contributed by atoms with Crippen molar-refractivity contribution < 1.29 is 4.79 Å². The molecule has 2 aromatic rings. The Morgan fingerprint density at radius 1 is 1.22 bits per heavy atom. The van der Waals surface area contributed by atoms with Gasteiger partial charge in [-0.2, -0.15) is 11.8 Å². The average molecular weight is 364 g/mol. The summed E-state index contributed by atoms with van der Waals surface area (Å²) in [6.07, 6.45) is 5.66. The zero-order valence-corrected chi connectivity index (χ0v) is 15.0. The number of carbonyl (C=O) groups is 1. The van der Waals surface area contributed by atoms with Gasteiger partial charge in [-0.25, -0.2) is 0 Å². The maximum Gasteiger partial charge on any atom is 0.244 e. The second kappa shape index (κ2) is 8.04. The molecule has 2 nitrogen and oxygen atoms in total. The van der Waals surface area contributed by atoms with E-state index in [-0.39, 0.29) is 5.91 Å². The van der Waals surface area contributed by atoms with E-state index in [0.717, 1.165) is 44.7 Å². The summed E-state index contributed by atoms with van der Waals surface area (Å²) in [4.78, 5) is 14.2. The van der Waals surface area contributed by atoms with Crippen molar-refractivity contribution in [3.63, 3.8) is 0 Å². The molecule has 2 heterocycles. The van der Waals surface area contributed by atoms with Gasteiger partial charge in [-0.05, 0) is 60.3 Å². The van der Waals surface area contributed by atoms with Gasteiger partial charge in [0.05, 0.1) is 0 Å². The summed E-state index contributed by atoms with van der Waals surface area (Å²) in [5.41, 5.74) is 1.10. The second-order valence-corrected chi connectivity index (χ2v) is 8.22. The predicted molar refractivity (Wildman–Crippen MR) is 102 cm³/mol. The van der Waals surface area contributed by atoms with Gasteiger partial charge in [0.2, 0.25) is 5.91 Å². The SMILES string of the molecule is O=C(/C=C/c1ccc(-c2cccc(Cl)c2)s1)NC1CCSCC1. The van der Waals surface area contributed by atoms with Crippen LogP contribution in [0.15, 0.2) is 42.5 Å². The lowest BCUT2D eigenvalue weighted by Crippen LogP contribution is -2.36. The fraction of sp³-hybridized carbons (Fsp3) is 0.278. The average Bonchev–Trinajstić information content (AvgIpc) is 3.03. The molecule has 0 saturated carbocycles. The normalized spacial score (nSPS) is 15.9. The zero-order valence-electron chi connectivity index (χ0n) is 12.6. The molecule has 1 aliphatic heterocycles. The van der Waals surface area contributed by atoms with E-state index in [9.17, 15) is 4.79 Å². The number of hydrogen-bond acceptors (Lipinski definition) is 3. The fourth-order valence-corrected chi connectivity index (χ4v) is 4.69. The van der Waals surface area contributed by atoms with Gasteiger partial charge in [-0.15, -0.1) is 11.3 Å². The summed E-state index contributed by atoms with van der Waals surface area (Å²) >= 11 is 9.65. The number of halogens is 1. The van der Waals surface area contributed by atoms with E-state index in [2.05, 4.69) is 11.4 Å². The molecule has 0 aliphatic carbocycles. The number of thioether (sulfide) groups is 1. The first kappa shape index (κ1) is 16.6. The summed E-state index contributed by atoms with van der Waals surface area (Å²) in [7, 11) is 0. The third-order valence-corrected chi connectivity index (χ3v) is 6.09. The standard InChI is InChI=1S/C18H18ClNOS2/c19-14-3-1-2-13(12-14)17-6-4-16(23-17)5-7-18(21)20-15-8-10-22-11-9-15/h1-7,12,15H,8-11H2,(H,20,21)/b7-5+. The minimum absolute atomic E-state index is 0.000365. The summed E-state index contributed by atoms with van der Waals surface area (Å²) in [6.45, 7) is 0. The van der Waals surface area contributed by atoms with Crippen LogP contribution in [0.25, 0.3) is 16.5 Å². The van der Waals surface area contributed by atoms with Crippen molar-refractivity contribution in [1.82, 2.24) is 5.32 Å². The molecule has 120 valence electrons. The van der Waals surface area contributed by atoms with Gasteiger partial charge in [-0.1, -0.05) is 23.7 Å². The molecule has 0 spiro atoms. The van der Waals surface area contributed by atoms with Gasteiger partial charge in [0.15, 0.2) is 0 Å². The molecule has 0 radical (unpaired) electrons. The van der Waals surface area contributed by atoms with Crippen molar-refractivity contribution in [2.75, 3.05) is 11.5 Å². The van der Waals surface area contributed by atoms with E-state index in [0.29, 0.717) is 6.04 Å². The first-order chi connectivity index (χ1) is 11.2. The molecule has 1 aromatic heterocycles. The molecule has 1 N–H and O–H groups in total. The Morgan fingerprint density at radius 2 is 2.04 bits per heavy atom. The van der Waals surface area contributed by atoms with Crippen LogP contribution in [0, 0.1) is 0 Å². The van der Waals surface area contributed by atoms with Crippen molar-refractivity contribution in [3.05, 3.63) is 52.4 Å². The Hall–Kier alpha value is -1.23. The lowest BCUT2D eigenvalue weighted by molar-refractivity contribution is -0.117. The molecule has 1 aliphatic rings. The summed E-state index contributed by atoms with van der Waals surface area (Å²) in [5, 5.41) is 3.82. The van der Waals surface area contributed by atoms with Crippen molar-refractivity contribution in [2.24, 2.45) is 0 Å². The van der Waals surface area contributed by atoms with Crippen LogP contribution in [0.1, 0.15) is 17.7 Å². The minimum Gasteiger partial charge on any atom is -0.350 e. The van der Waals surface area contributed by atoms with Gasteiger partial charge in [0, 0.05) is 26.9 Å². The molecule has 23 heavy (non-hydrogen) atoms. The van der Waals surface area contributed by atoms with Gasteiger partial charge in [0.1, 0.15) is 0 Å². The van der Waals surface area contributed by atoms with Crippen LogP contribution < -0.4 is 5.32 Å². The molecule has 1 amide bonds. The molecule has 0 atom stereocenters. The Balaban J connectivity index is 1.60. The van der Waals surface area contributed by atoms with Crippen LogP contribution in [-0.2, 0) is 4.79 Å². The summed E-state index contributed by atoms with van der Waals surface area (Å²) in [6, 6.07) is 12.2. The van der Waals surface area contributed by atoms with Gasteiger partial charge >= 0.3 is 0 Å². The van der Waals surface area contributed by atoms with Crippen molar-refractivity contribution in [3.8, 4) is 10.4 Å². The predicted octanol–water partition coefficient (Wildman–Crippen LogP) is 5.09. The quantitative estimate of drug-likeness (QED) is 0.766. The van der Waals surface area contributed by atoms with Gasteiger partial charge in [0.25, 0.3) is 0 Å². The first-order valence-corrected chi connectivity index (χ1v) is 9.98. The van der Waals surface area contributed by atoms with E-state index >= 15 is 0 Å². The maximum atomic E-state index is 12.0. The number of carbonyl (C=O) groups excluding carboxylic acids is 1. The van der Waals surface area contributed by atoms with E-state index < -0.39 is 0 Å². The molecule has 1 aromatic carbocycles. The monoisotopic (exact) mass is 363 g/mol. The molecule has 0 bridgehead atoms. The Morgan fingerprint density at radius 3 is 2.83 bits per heavy atom. The number of thiophene rings is 1. The molecular weight excluding hydrogens is 346 g/mol. The van der Waals surface area contributed by atoms with E-state index in [1.54, 1.807) is 17.4 Å². The third-order valence-electron chi connectivity index (χ3n) is 3.70. The topological polar surface area (TPSA) is 29.1 Å². The molecule has 3 rings (SSSR count). The van der Waals surface area contributed by atoms with Crippen molar-refractivity contribution >= 4 is 46.7 Å². The van der Waals surface area contributed by atoms with E-state index in [1.807, 2.05) is 48.2 Å². The largest absolute Gasteiger partial charge is 0.350 e. The number of nitrogens with one attached hydrogen (secondary N) is 1. The smallest absolute Gasteiger partial charge is 0.244 e. The number of amides is 1. The third kappa shape index (κ3) is 4.87. The van der Waals surface area contributed by atoms with Crippen LogP contribution in [0.4, 0.5) is 0 Å². The zero-order chi connectivity index (χ0) is 16.1. The highest BCUT2D eigenvalue weighted by Crippen LogP contribution is 2.30. The second-order valence-electron chi connectivity index (χ2n) is 5.44. The minimum atomic E-state index is -0.000365. The Labute approximate surface area is 149 Å². The molecule has 1 saturated heterocycles. The summed E-state index contributed by atoms with van der Waals surface area (Å²) in [5.74, 6) is 2.28. The van der Waals surface area contributed by atoms with Crippen LogP contribution in [0.5, 0.6) is 0 Å². The highest BCUT2D eigenvalue weighted by Gasteiger charge is 2.14. The highest BCUT2D eigenvalue weighted by atomic mass is 35.5. The Bertz CT molecular complexity index is 705. The lowest BCUT2D eigenvalue weighted by Gasteiger charge is -2.21.